The van der Waals surface area contributed by atoms with Gasteiger partial charge in [0.25, 0.3) is 0 Å². The monoisotopic (exact) mass is 220 g/mol. The molecule has 3 heteroatoms. The highest BCUT2D eigenvalue weighted by Gasteiger charge is 2.20. The van der Waals surface area contributed by atoms with E-state index in [2.05, 4.69) is 28.4 Å². The van der Waals surface area contributed by atoms with Crippen LogP contribution in [0.4, 0.5) is 5.69 Å². The zero-order valence-corrected chi connectivity index (χ0v) is 10.3. The lowest BCUT2D eigenvalue weighted by Crippen LogP contribution is -2.16. The summed E-state index contributed by atoms with van der Waals surface area (Å²) in [4.78, 5) is 2.07. The van der Waals surface area contributed by atoms with Crippen molar-refractivity contribution < 1.29 is 4.74 Å². The van der Waals surface area contributed by atoms with Crippen LogP contribution in [0.25, 0.3) is 0 Å². The molecule has 0 amide bonds. The van der Waals surface area contributed by atoms with Gasteiger partial charge in [-0.15, -0.1) is 0 Å². The molecule has 0 unspecified atom stereocenters. The van der Waals surface area contributed by atoms with E-state index in [4.69, 9.17) is 4.74 Å². The third-order valence-electron chi connectivity index (χ3n) is 2.90. The van der Waals surface area contributed by atoms with Gasteiger partial charge in [0.05, 0.1) is 12.8 Å². The molecule has 2 rings (SSSR count). The summed E-state index contributed by atoms with van der Waals surface area (Å²) >= 11 is 0. The molecule has 0 spiro atoms. The number of anilines is 1. The summed E-state index contributed by atoms with van der Waals surface area (Å²) in [7, 11) is 5.78. The van der Waals surface area contributed by atoms with Crippen LogP contribution in [-0.4, -0.2) is 27.2 Å². The fourth-order valence-corrected chi connectivity index (χ4v) is 1.75. The quantitative estimate of drug-likeness (QED) is 0.821. The summed E-state index contributed by atoms with van der Waals surface area (Å²) in [6, 6.07) is 7.14. The van der Waals surface area contributed by atoms with Crippen molar-refractivity contribution >= 4 is 5.69 Å². The van der Waals surface area contributed by atoms with Crippen LogP contribution < -0.4 is 15.0 Å². The normalized spacial score (nSPS) is 14.9. The average Bonchev–Trinajstić information content (AvgIpc) is 3.09. The first kappa shape index (κ1) is 11.3. The van der Waals surface area contributed by atoms with Crippen LogP contribution in [0.5, 0.6) is 5.75 Å². The van der Waals surface area contributed by atoms with Crippen LogP contribution in [0.3, 0.4) is 0 Å². The van der Waals surface area contributed by atoms with Crippen LogP contribution in [0, 0.1) is 0 Å². The predicted octanol–water partition coefficient (Wildman–Crippen LogP) is 2.01. The Morgan fingerprint density at radius 1 is 1.38 bits per heavy atom. The summed E-state index contributed by atoms with van der Waals surface area (Å²) in [5, 5.41) is 3.50. The Balaban J connectivity index is 2.08. The van der Waals surface area contributed by atoms with Gasteiger partial charge in [0.1, 0.15) is 5.75 Å². The highest BCUT2D eigenvalue weighted by molar-refractivity contribution is 5.58. The minimum absolute atomic E-state index is 0.750. The Hall–Kier alpha value is -1.22. The second-order valence-corrected chi connectivity index (χ2v) is 4.56. The van der Waals surface area contributed by atoms with E-state index in [1.165, 1.54) is 18.4 Å². The summed E-state index contributed by atoms with van der Waals surface area (Å²) in [6.07, 6.45) is 2.65. The molecule has 0 heterocycles. The Bertz CT molecular complexity index is 359. The molecule has 1 aromatic carbocycles. The van der Waals surface area contributed by atoms with Gasteiger partial charge in [0.2, 0.25) is 0 Å². The molecule has 1 aliphatic rings. The lowest BCUT2D eigenvalue weighted by atomic mass is 10.1. The maximum atomic E-state index is 5.40. The number of methoxy groups -OCH3 is 1. The van der Waals surface area contributed by atoms with Gasteiger partial charge < -0.3 is 15.0 Å². The molecule has 0 saturated heterocycles. The van der Waals surface area contributed by atoms with E-state index >= 15 is 0 Å². The molecule has 1 aliphatic carbocycles. The molecule has 0 radical (unpaired) electrons. The summed E-state index contributed by atoms with van der Waals surface area (Å²) in [6.45, 7) is 0.939. The van der Waals surface area contributed by atoms with Crippen LogP contribution >= 0.6 is 0 Å². The molecule has 0 aromatic heterocycles. The molecule has 16 heavy (non-hydrogen) atoms. The number of rotatable bonds is 5. The molecule has 1 N–H and O–H groups in total. The molecule has 1 aromatic rings. The highest BCUT2D eigenvalue weighted by Crippen LogP contribution is 2.28. The molecule has 0 bridgehead atoms. The molecular weight excluding hydrogens is 200 g/mol. The SMILES string of the molecule is COc1cc(CNC2CC2)ccc1N(C)C. The van der Waals surface area contributed by atoms with Crippen LogP contribution in [0.2, 0.25) is 0 Å². The van der Waals surface area contributed by atoms with Gasteiger partial charge in [-0.1, -0.05) is 6.07 Å². The summed E-state index contributed by atoms with van der Waals surface area (Å²) in [5.41, 5.74) is 2.41. The molecule has 1 saturated carbocycles. The van der Waals surface area contributed by atoms with E-state index in [0.29, 0.717) is 0 Å². The van der Waals surface area contributed by atoms with Crippen molar-refractivity contribution in [2.24, 2.45) is 0 Å². The summed E-state index contributed by atoms with van der Waals surface area (Å²) < 4.78 is 5.40. The maximum absolute atomic E-state index is 5.40. The van der Waals surface area contributed by atoms with Gasteiger partial charge >= 0.3 is 0 Å². The van der Waals surface area contributed by atoms with Gasteiger partial charge in [-0.3, -0.25) is 0 Å². The van der Waals surface area contributed by atoms with E-state index in [-0.39, 0.29) is 0 Å². The number of ether oxygens (including phenoxy) is 1. The number of hydrogen-bond donors (Lipinski definition) is 1. The van der Waals surface area contributed by atoms with Crippen molar-refractivity contribution in [2.45, 2.75) is 25.4 Å². The van der Waals surface area contributed by atoms with Gasteiger partial charge in [0.15, 0.2) is 0 Å². The number of benzene rings is 1. The van der Waals surface area contributed by atoms with Gasteiger partial charge in [0, 0.05) is 26.7 Å². The van der Waals surface area contributed by atoms with Crippen molar-refractivity contribution in [3.8, 4) is 5.75 Å². The molecule has 1 fully saturated rings. The van der Waals surface area contributed by atoms with E-state index in [0.717, 1.165) is 24.0 Å². The smallest absolute Gasteiger partial charge is 0.142 e. The largest absolute Gasteiger partial charge is 0.495 e. The van der Waals surface area contributed by atoms with Crippen LogP contribution in [-0.2, 0) is 6.54 Å². The highest BCUT2D eigenvalue weighted by atomic mass is 16.5. The van der Waals surface area contributed by atoms with E-state index in [1.54, 1.807) is 7.11 Å². The Labute approximate surface area is 97.4 Å². The number of nitrogens with one attached hydrogen (secondary N) is 1. The minimum Gasteiger partial charge on any atom is -0.495 e. The molecule has 3 nitrogen and oxygen atoms in total. The fourth-order valence-electron chi connectivity index (χ4n) is 1.75. The second kappa shape index (κ2) is 4.74. The average molecular weight is 220 g/mol. The van der Waals surface area contributed by atoms with E-state index < -0.39 is 0 Å². The molecular formula is C13H20N2O. The molecule has 0 atom stereocenters. The third-order valence-corrected chi connectivity index (χ3v) is 2.90. The maximum Gasteiger partial charge on any atom is 0.142 e. The van der Waals surface area contributed by atoms with Crippen LogP contribution in [0.1, 0.15) is 18.4 Å². The topological polar surface area (TPSA) is 24.5 Å². The number of nitrogens with zero attached hydrogens (tertiary/aromatic N) is 1. The van der Waals surface area contributed by atoms with Crippen LogP contribution in [0.15, 0.2) is 18.2 Å². The Morgan fingerprint density at radius 3 is 2.69 bits per heavy atom. The first-order valence-corrected chi connectivity index (χ1v) is 5.78. The Morgan fingerprint density at radius 2 is 2.12 bits per heavy atom. The summed E-state index contributed by atoms with van der Waals surface area (Å²) in [5.74, 6) is 0.945. The van der Waals surface area contributed by atoms with Gasteiger partial charge in [-0.25, -0.2) is 0 Å². The first-order valence-electron chi connectivity index (χ1n) is 5.78. The lowest BCUT2D eigenvalue weighted by molar-refractivity contribution is 0.414. The Kier molecular flexibility index (Phi) is 3.34. The third kappa shape index (κ3) is 2.67. The van der Waals surface area contributed by atoms with Crippen molar-refractivity contribution in [1.82, 2.24) is 5.32 Å². The fraction of sp³-hybridized carbons (Fsp3) is 0.538. The zero-order valence-electron chi connectivity index (χ0n) is 10.3. The van der Waals surface area contributed by atoms with Gasteiger partial charge in [-0.2, -0.15) is 0 Å². The first-order chi connectivity index (χ1) is 7.70. The molecule has 0 aliphatic heterocycles. The predicted molar refractivity (Wildman–Crippen MR) is 67.2 cm³/mol. The van der Waals surface area contributed by atoms with Crippen molar-refractivity contribution in [3.63, 3.8) is 0 Å². The van der Waals surface area contributed by atoms with E-state index in [9.17, 15) is 0 Å². The minimum atomic E-state index is 0.750. The van der Waals surface area contributed by atoms with E-state index in [1.807, 2.05) is 14.1 Å². The lowest BCUT2D eigenvalue weighted by Gasteiger charge is -2.17. The van der Waals surface area contributed by atoms with Gasteiger partial charge in [-0.05, 0) is 30.5 Å². The van der Waals surface area contributed by atoms with Crippen molar-refractivity contribution in [1.29, 1.82) is 0 Å². The second-order valence-electron chi connectivity index (χ2n) is 4.56. The number of hydrogen-bond acceptors (Lipinski definition) is 3. The zero-order chi connectivity index (χ0) is 11.5. The molecule has 88 valence electrons. The van der Waals surface area contributed by atoms with Crippen molar-refractivity contribution in [2.75, 3.05) is 26.1 Å². The standard InChI is InChI=1S/C13H20N2O/c1-15(2)12-7-4-10(8-13(12)16-3)9-14-11-5-6-11/h4,7-8,11,14H,5-6,9H2,1-3H3. The van der Waals surface area contributed by atoms with Crippen molar-refractivity contribution in [3.05, 3.63) is 23.8 Å².